The normalized spacial score (nSPS) is 10.4. The summed E-state index contributed by atoms with van der Waals surface area (Å²) in [4.78, 5) is 13.9. The lowest BCUT2D eigenvalue weighted by molar-refractivity contribution is 0.0784. The van der Waals surface area contributed by atoms with Crippen molar-refractivity contribution in [2.24, 2.45) is 0 Å². The molecule has 18 heavy (non-hydrogen) atoms. The molecule has 0 aliphatic carbocycles. The van der Waals surface area contributed by atoms with Crippen LogP contribution in [0, 0.1) is 13.8 Å². The Morgan fingerprint density at radius 3 is 2.50 bits per heavy atom. The maximum absolute atomic E-state index is 12.2. The predicted octanol–water partition coefficient (Wildman–Crippen LogP) is 2.30. The van der Waals surface area contributed by atoms with Crippen LogP contribution in [0.4, 0.5) is 0 Å². The van der Waals surface area contributed by atoms with Crippen molar-refractivity contribution in [2.75, 3.05) is 7.05 Å². The summed E-state index contributed by atoms with van der Waals surface area (Å²) in [6, 6.07) is 8.19. The fourth-order valence-corrected chi connectivity index (χ4v) is 1.81. The van der Waals surface area contributed by atoms with E-state index in [9.17, 15) is 4.79 Å². The number of benzene rings is 1. The van der Waals surface area contributed by atoms with Crippen LogP contribution in [0.2, 0.25) is 0 Å². The Hall–Kier alpha value is -2.10. The maximum Gasteiger partial charge on any atom is 0.257 e. The number of nitrogens with zero attached hydrogens (tertiary/aromatic N) is 2. The van der Waals surface area contributed by atoms with Crippen LogP contribution in [-0.2, 0) is 6.54 Å². The molecule has 0 unspecified atom stereocenters. The molecule has 0 spiro atoms. The topological polar surface area (TPSA) is 49.0 Å². The molecule has 1 amide bonds. The third-order valence-corrected chi connectivity index (χ3v) is 2.95. The number of nitrogens with one attached hydrogen (secondary N) is 1. The lowest BCUT2D eigenvalue weighted by Gasteiger charge is -2.17. The fraction of sp³-hybridized carbons (Fsp3) is 0.286. The van der Waals surface area contributed by atoms with Crippen molar-refractivity contribution in [3.05, 3.63) is 52.8 Å². The van der Waals surface area contributed by atoms with Crippen molar-refractivity contribution in [3.63, 3.8) is 0 Å². The Kier molecular flexibility index (Phi) is 3.46. The van der Waals surface area contributed by atoms with E-state index in [0.717, 1.165) is 11.3 Å². The largest absolute Gasteiger partial charge is 0.337 e. The number of carbonyl (C=O) groups is 1. The molecule has 2 rings (SSSR count). The minimum atomic E-state index is -0.0122. The highest BCUT2D eigenvalue weighted by Gasteiger charge is 2.15. The van der Waals surface area contributed by atoms with Gasteiger partial charge in [-0.15, -0.1) is 0 Å². The van der Waals surface area contributed by atoms with Crippen LogP contribution in [0.3, 0.4) is 0 Å². The van der Waals surface area contributed by atoms with E-state index in [1.54, 1.807) is 18.1 Å². The van der Waals surface area contributed by atoms with E-state index in [4.69, 9.17) is 0 Å². The molecular weight excluding hydrogens is 226 g/mol. The second-order valence-electron chi connectivity index (χ2n) is 4.56. The molecule has 1 N–H and O–H groups in total. The summed E-state index contributed by atoms with van der Waals surface area (Å²) in [5.74, 6) is -0.0122. The van der Waals surface area contributed by atoms with Gasteiger partial charge in [-0.05, 0) is 19.4 Å². The standard InChI is InChI=1S/C14H17N3O/c1-10-4-6-12(7-5-10)9-17(3)14(18)13-8-15-16-11(13)2/h4-8H,9H2,1-3H3,(H,15,16). The van der Waals surface area contributed by atoms with Gasteiger partial charge in [0.15, 0.2) is 0 Å². The van der Waals surface area contributed by atoms with Gasteiger partial charge in [0.25, 0.3) is 5.91 Å². The van der Waals surface area contributed by atoms with E-state index in [0.29, 0.717) is 12.1 Å². The third-order valence-electron chi connectivity index (χ3n) is 2.95. The molecule has 0 fully saturated rings. The van der Waals surface area contributed by atoms with E-state index in [1.807, 2.05) is 26.0 Å². The van der Waals surface area contributed by atoms with Gasteiger partial charge in [-0.1, -0.05) is 29.8 Å². The number of hydrogen-bond acceptors (Lipinski definition) is 2. The highest BCUT2D eigenvalue weighted by Crippen LogP contribution is 2.10. The van der Waals surface area contributed by atoms with Crippen LogP contribution in [0.1, 0.15) is 27.2 Å². The Bertz CT molecular complexity index is 542. The molecule has 4 heteroatoms. The van der Waals surface area contributed by atoms with Crippen molar-refractivity contribution in [3.8, 4) is 0 Å². The van der Waals surface area contributed by atoms with Gasteiger partial charge in [0.05, 0.1) is 11.8 Å². The number of rotatable bonds is 3. The van der Waals surface area contributed by atoms with Gasteiger partial charge in [-0.2, -0.15) is 5.10 Å². The van der Waals surface area contributed by atoms with Crippen LogP contribution in [0.15, 0.2) is 30.5 Å². The van der Waals surface area contributed by atoms with E-state index >= 15 is 0 Å². The average Bonchev–Trinajstić information content (AvgIpc) is 2.77. The number of amides is 1. The van der Waals surface area contributed by atoms with E-state index in [-0.39, 0.29) is 5.91 Å². The smallest absolute Gasteiger partial charge is 0.257 e. The summed E-state index contributed by atoms with van der Waals surface area (Å²) in [7, 11) is 1.80. The molecule has 0 saturated heterocycles. The van der Waals surface area contributed by atoms with Crippen molar-refractivity contribution in [2.45, 2.75) is 20.4 Å². The summed E-state index contributed by atoms with van der Waals surface area (Å²) in [6.45, 7) is 4.50. The fourth-order valence-electron chi connectivity index (χ4n) is 1.81. The first-order chi connectivity index (χ1) is 8.58. The first kappa shape index (κ1) is 12.4. The molecule has 1 aromatic carbocycles. The highest BCUT2D eigenvalue weighted by atomic mass is 16.2. The van der Waals surface area contributed by atoms with Gasteiger partial charge >= 0.3 is 0 Å². The van der Waals surface area contributed by atoms with E-state index in [2.05, 4.69) is 22.3 Å². The summed E-state index contributed by atoms with van der Waals surface area (Å²) in [5, 5.41) is 6.65. The molecule has 94 valence electrons. The van der Waals surface area contributed by atoms with E-state index < -0.39 is 0 Å². The molecule has 0 aliphatic heterocycles. The first-order valence-corrected chi connectivity index (χ1v) is 5.89. The quantitative estimate of drug-likeness (QED) is 0.899. The monoisotopic (exact) mass is 243 g/mol. The average molecular weight is 243 g/mol. The van der Waals surface area contributed by atoms with E-state index in [1.165, 1.54) is 5.56 Å². The minimum absolute atomic E-state index is 0.0122. The zero-order valence-electron chi connectivity index (χ0n) is 10.9. The first-order valence-electron chi connectivity index (χ1n) is 5.89. The Morgan fingerprint density at radius 2 is 1.94 bits per heavy atom. The summed E-state index contributed by atoms with van der Waals surface area (Å²) in [6.07, 6.45) is 1.57. The number of carbonyl (C=O) groups excluding carboxylic acids is 1. The summed E-state index contributed by atoms with van der Waals surface area (Å²) in [5.41, 5.74) is 3.77. The van der Waals surface area contributed by atoms with Crippen molar-refractivity contribution >= 4 is 5.91 Å². The molecule has 0 radical (unpaired) electrons. The zero-order valence-corrected chi connectivity index (χ0v) is 10.9. The third kappa shape index (κ3) is 2.59. The highest BCUT2D eigenvalue weighted by molar-refractivity contribution is 5.94. The van der Waals surface area contributed by atoms with Crippen LogP contribution in [0.5, 0.6) is 0 Å². The summed E-state index contributed by atoms with van der Waals surface area (Å²) >= 11 is 0. The van der Waals surface area contributed by atoms with Gasteiger partial charge < -0.3 is 4.90 Å². The van der Waals surface area contributed by atoms with Gasteiger partial charge in [0, 0.05) is 19.3 Å². The zero-order chi connectivity index (χ0) is 13.1. The van der Waals surface area contributed by atoms with Crippen molar-refractivity contribution < 1.29 is 4.79 Å². The molecule has 0 bridgehead atoms. The second-order valence-corrected chi connectivity index (χ2v) is 4.56. The maximum atomic E-state index is 12.2. The number of H-pyrrole nitrogens is 1. The Labute approximate surface area is 107 Å². The van der Waals surface area contributed by atoms with Gasteiger partial charge in [-0.25, -0.2) is 0 Å². The van der Waals surface area contributed by atoms with Gasteiger partial charge in [-0.3, -0.25) is 9.89 Å². The van der Waals surface area contributed by atoms with Crippen molar-refractivity contribution in [1.29, 1.82) is 0 Å². The minimum Gasteiger partial charge on any atom is -0.337 e. The van der Waals surface area contributed by atoms with Crippen LogP contribution < -0.4 is 0 Å². The lowest BCUT2D eigenvalue weighted by Crippen LogP contribution is -2.26. The number of aryl methyl sites for hydroxylation is 2. The number of aromatic nitrogens is 2. The SMILES string of the molecule is Cc1ccc(CN(C)C(=O)c2cn[nH]c2C)cc1. The molecule has 4 nitrogen and oxygen atoms in total. The van der Waals surface area contributed by atoms with Crippen LogP contribution in [0.25, 0.3) is 0 Å². The number of hydrogen-bond donors (Lipinski definition) is 1. The van der Waals surface area contributed by atoms with Gasteiger partial charge in [0.2, 0.25) is 0 Å². The van der Waals surface area contributed by atoms with Gasteiger partial charge in [0.1, 0.15) is 0 Å². The predicted molar refractivity (Wildman–Crippen MR) is 70.3 cm³/mol. The van der Waals surface area contributed by atoms with Crippen molar-refractivity contribution in [1.82, 2.24) is 15.1 Å². The molecule has 0 aliphatic rings. The molecule has 1 aromatic heterocycles. The lowest BCUT2D eigenvalue weighted by atomic mass is 10.1. The van der Waals surface area contributed by atoms with Crippen LogP contribution >= 0.6 is 0 Å². The molecular formula is C14H17N3O. The molecule has 1 heterocycles. The van der Waals surface area contributed by atoms with Crippen LogP contribution in [-0.4, -0.2) is 28.1 Å². The molecule has 2 aromatic rings. The summed E-state index contributed by atoms with van der Waals surface area (Å²) < 4.78 is 0. The Morgan fingerprint density at radius 1 is 1.28 bits per heavy atom. The second kappa shape index (κ2) is 5.04. The molecule has 0 saturated carbocycles. The number of aromatic amines is 1. The molecule has 0 atom stereocenters. The Balaban J connectivity index is 2.08.